The fourth-order valence-electron chi connectivity index (χ4n) is 2.93. The normalized spacial score (nSPS) is 12.2. The molecule has 0 saturated heterocycles. The quantitative estimate of drug-likeness (QED) is 0.466. The molecule has 2 N–H and O–H groups in total. The molecule has 3 aromatic rings. The molecule has 1 amide bonds. The van der Waals surface area contributed by atoms with Crippen LogP contribution in [0.3, 0.4) is 0 Å². The van der Waals surface area contributed by atoms with Crippen molar-refractivity contribution in [2.45, 2.75) is 30.9 Å². The van der Waals surface area contributed by atoms with Gasteiger partial charge in [-0.25, -0.2) is 13.1 Å². The number of carbonyl (C=O) groups excluding carboxylic acids is 1. The first-order valence-electron chi connectivity index (χ1n) is 10.0. The highest BCUT2D eigenvalue weighted by Gasteiger charge is 2.15. The molecule has 0 saturated carbocycles. The summed E-state index contributed by atoms with van der Waals surface area (Å²) in [6.07, 6.45) is 1.71. The van der Waals surface area contributed by atoms with Crippen LogP contribution < -0.4 is 14.8 Å². The Morgan fingerprint density at radius 3 is 2.66 bits per heavy atom. The van der Waals surface area contributed by atoms with Gasteiger partial charge in [-0.2, -0.15) is 0 Å². The summed E-state index contributed by atoms with van der Waals surface area (Å²) < 4.78 is 32.8. The van der Waals surface area contributed by atoms with Crippen LogP contribution in [0.5, 0.6) is 5.75 Å². The Balaban J connectivity index is 1.49. The summed E-state index contributed by atoms with van der Waals surface area (Å²) >= 11 is 5.84. The van der Waals surface area contributed by atoms with Gasteiger partial charge < -0.3 is 10.1 Å². The maximum atomic E-state index is 12.3. The van der Waals surface area contributed by atoms with Crippen LogP contribution in [0.1, 0.15) is 30.6 Å². The van der Waals surface area contributed by atoms with Crippen LogP contribution >= 0.6 is 11.6 Å². The van der Waals surface area contributed by atoms with Gasteiger partial charge in [0.1, 0.15) is 12.4 Å². The summed E-state index contributed by atoms with van der Waals surface area (Å²) in [7, 11) is -3.73. The smallest absolute Gasteiger partial charge is 0.240 e. The van der Waals surface area contributed by atoms with Crippen molar-refractivity contribution in [3.05, 3.63) is 89.2 Å². The van der Waals surface area contributed by atoms with Crippen molar-refractivity contribution in [2.24, 2.45) is 0 Å². The number of hydrogen-bond acceptors (Lipinski definition) is 5. The Morgan fingerprint density at radius 2 is 1.91 bits per heavy atom. The summed E-state index contributed by atoms with van der Waals surface area (Å²) in [4.78, 5) is 16.6. The van der Waals surface area contributed by atoms with E-state index in [0.717, 1.165) is 11.3 Å². The summed E-state index contributed by atoms with van der Waals surface area (Å²) in [6.45, 7) is 2.17. The molecule has 0 bridgehead atoms. The first-order chi connectivity index (χ1) is 15.3. The van der Waals surface area contributed by atoms with Gasteiger partial charge in [0.2, 0.25) is 15.9 Å². The third-order valence-corrected chi connectivity index (χ3v) is 6.29. The number of halogens is 1. The van der Waals surface area contributed by atoms with Crippen LogP contribution in [-0.2, 0) is 21.4 Å². The molecule has 1 heterocycles. The second kappa shape index (κ2) is 11.1. The number of pyridine rings is 1. The van der Waals surface area contributed by atoms with E-state index in [4.69, 9.17) is 16.3 Å². The molecule has 3 rings (SSSR count). The monoisotopic (exact) mass is 473 g/mol. The fourth-order valence-corrected chi connectivity index (χ4v) is 4.26. The molecule has 7 nitrogen and oxygen atoms in total. The van der Waals surface area contributed by atoms with Crippen LogP contribution in [0.15, 0.2) is 77.8 Å². The number of aromatic nitrogens is 1. The maximum Gasteiger partial charge on any atom is 0.240 e. The lowest BCUT2D eigenvalue weighted by atomic mass is 10.1. The molecule has 9 heteroatoms. The van der Waals surface area contributed by atoms with Crippen LogP contribution in [0.2, 0.25) is 5.02 Å². The first-order valence-corrected chi connectivity index (χ1v) is 11.9. The Bertz CT molecular complexity index is 1160. The van der Waals surface area contributed by atoms with Crippen molar-refractivity contribution in [1.29, 1.82) is 0 Å². The minimum absolute atomic E-state index is 0.00000300. The van der Waals surface area contributed by atoms with Gasteiger partial charge >= 0.3 is 0 Å². The van der Waals surface area contributed by atoms with Crippen molar-refractivity contribution in [2.75, 3.05) is 6.54 Å². The average Bonchev–Trinajstić information content (AvgIpc) is 2.78. The number of benzene rings is 2. The van der Waals surface area contributed by atoms with Crippen molar-refractivity contribution >= 4 is 27.5 Å². The van der Waals surface area contributed by atoms with Gasteiger partial charge in [0, 0.05) is 24.2 Å². The third-order valence-electron chi connectivity index (χ3n) is 4.60. The number of hydrogen-bond donors (Lipinski definition) is 2. The minimum atomic E-state index is -3.73. The molecule has 32 heavy (non-hydrogen) atoms. The molecule has 0 spiro atoms. The predicted molar refractivity (Wildman–Crippen MR) is 123 cm³/mol. The van der Waals surface area contributed by atoms with Crippen LogP contribution in [-0.4, -0.2) is 25.9 Å². The third kappa shape index (κ3) is 7.05. The highest BCUT2D eigenvalue weighted by molar-refractivity contribution is 7.89. The molecular weight excluding hydrogens is 450 g/mol. The van der Waals surface area contributed by atoms with Crippen molar-refractivity contribution < 1.29 is 17.9 Å². The molecule has 168 valence electrons. The molecule has 0 aliphatic rings. The molecule has 1 unspecified atom stereocenters. The van der Waals surface area contributed by atoms with Gasteiger partial charge in [0.25, 0.3) is 0 Å². The number of rotatable bonds is 10. The van der Waals surface area contributed by atoms with E-state index >= 15 is 0 Å². The zero-order valence-corrected chi connectivity index (χ0v) is 19.1. The van der Waals surface area contributed by atoms with E-state index in [-0.39, 0.29) is 29.8 Å². The molecular formula is C23H24ClN3O4S. The summed E-state index contributed by atoms with van der Waals surface area (Å²) in [5.74, 6) is 0.398. The largest absolute Gasteiger partial charge is 0.487 e. The Morgan fingerprint density at radius 1 is 1.09 bits per heavy atom. The van der Waals surface area contributed by atoms with E-state index in [1.165, 1.54) is 12.1 Å². The van der Waals surface area contributed by atoms with Crippen LogP contribution in [0, 0.1) is 0 Å². The van der Waals surface area contributed by atoms with E-state index in [0.29, 0.717) is 17.4 Å². The zero-order valence-electron chi connectivity index (χ0n) is 17.5. The Labute approximate surface area is 192 Å². The standard InChI is InChI=1S/C23H24ClN3O4S/c1-17(18-6-4-9-21(14-18)31-16-20-8-2-3-12-25-20)27-23(28)11-13-26-32(29,30)22-10-5-7-19(24)15-22/h2-10,12,14-15,17,26H,11,13,16H2,1H3,(H,27,28). The van der Waals surface area contributed by atoms with E-state index in [1.54, 1.807) is 18.3 Å². The van der Waals surface area contributed by atoms with Crippen LogP contribution in [0.25, 0.3) is 0 Å². The van der Waals surface area contributed by atoms with Crippen molar-refractivity contribution in [3.63, 3.8) is 0 Å². The van der Waals surface area contributed by atoms with Gasteiger partial charge in [-0.05, 0) is 55.0 Å². The average molecular weight is 474 g/mol. The van der Waals surface area contributed by atoms with E-state index in [9.17, 15) is 13.2 Å². The number of nitrogens with one attached hydrogen (secondary N) is 2. The topological polar surface area (TPSA) is 97.4 Å². The Hall–Kier alpha value is -2.94. The molecule has 2 aromatic carbocycles. The van der Waals surface area contributed by atoms with Gasteiger partial charge in [-0.15, -0.1) is 0 Å². The van der Waals surface area contributed by atoms with Gasteiger partial charge in [-0.3, -0.25) is 9.78 Å². The van der Waals surface area contributed by atoms with Crippen molar-refractivity contribution in [3.8, 4) is 5.75 Å². The lowest BCUT2D eigenvalue weighted by Crippen LogP contribution is -2.32. The molecule has 0 radical (unpaired) electrons. The van der Waals surface area contributed by atoms with E-state index < -0.39 is 10.0 Å². The highest BCUT2D eigenvalue weighted by atomic mass is 35.5. The number of amides is 1. The molecule has 0 aliphatic heterocycles. The van der Waals surface area contributed by atoms with E-state index in [2.05, 4.69) is 15.0 Å². The second-order valence-corrected chi connectivity index (χ2v) is 9.28. The molecule has 1 atom stereocenters. The fraction of sp³-hybridized carbons (Fsp3) is 0.217. The summed E-state index contributed by atoms with van der Waals surface area (Å²) in [5, 5.41) is 3.19. The van der Waals surface area contributed by atoms with Gasteiger partial charge in [-0.1, -0.05) is 35.9 Å². The Kier molecular flexibility index (Phi) is 8.21. The lowest BCUT2D eigenvalue weighted by molar-refractivity contribution is -0.121. The van der Waals surface area contributed by atoms with E-state index in [1.807, 2.05) is 49.4 Å². The first kappa shape index (κ1) is 23.7. The lowest BCUT2D eigenvalue weighted by Gasteiger charge is -2.16. The number of carbonyl (C=O) groups is 1. The SMILES string of the molecule is CC(NC(=O)CCNS(=O)(=O)c1cccc(Cl)c1)c1cccc(OCc2ccccn2)c1. The van der Waals surface area contributed by atoms with Crippen molar-refractivity contribution in [1.82, 2.24) is 15.0 Å². The predicted octanol–water partition coefficient (Wildman–Crippen LogP) is 3.86. The highest BCUT2D eigenvalue weighted by Crippen LogP contribution is 2.20. The second-order valence-electron chi connectivity index (χ2n) is 7.08. The molecule has 0 aliphatic carbocycles. The maximum absolute atomic E-state index is 12.3. The number of nitrogens with zero attached hydrogens (tertiary/aromatic N) is 1. The minimum Gasteiger partial charge on any atom is -0.487 e. The number of ether oxygens (including phenoxy) is 1. The van der Waals surface area contributed by atoms with Gasteiger partial charge in [0.15, 0.2) is 0 Å². The summed E-state index contributed by atoms with van der Waals surface area (Å²) in [6, 6.07) is 18.7. The van der Waals surface area contributed by atoms with Crippen LogP contribution in [0.4, 0.5) is 0 Å². The molecule has 1 aromatic heterocycles. The number of sulfonamides is 1. The molecule has 0 fully saturated rings. The van der Waals surface area contributed by atoms with Gasteiger partial charge in [0.05, 0.1) is 16.6 Å². The summed E-state index contributed by atoms with van der Waals surface area (Å²) in [5.41, 5.74) is 1.69. The zero-order chi connectivity index (χ0) is 23.0.